The molecule has 2 amide bonds. The normalized spacial score (nSPS) is 16.5. The van der Waals surface area contributed by atoms with E-state index < -0.39 is 0 Å². The van der Waals surface area contributed by atoms with Crippen LogP contribution in [-0.4, -0.2) is 54.4 Å². The maximum Gasteiger partial charge on any atom is 0.254 e. The summed E-state index contributed by atoms with van der Waals surface area (Å²) in [5, 5.41) is 5.99. The topological polar surface area (TPSA) is 74.3 Å². The van der Waals surface area contributed by atoms with Crippen LogP contribution in [0.15, 0.2) is 18.5 Å². The summed E-state index contributed by atoms with van der Waals surface area (Å²) >= 11 is 5.98. The second-order valence-corrected chi connectivity index (χ2v) is 5.46. The van der Waals surface area contributed by atoms with Gasteiger partial charge in [0.15, 0.2) is 0 Å². The fourth-order valence-electron chi connectivity index (χ4n) is 2.33. The van der Waals surface area contributed by atoms with Crippen molar-refractivity contribution in [3.05, 3.63) is 29.0 Å². The minimum atomic E-state index is -0.196. The van der Waals surface area contributed by atoms with Crippen LogP contribution in [0.25, 0.3) is 0 Å². The molecule has 7 heteroatoms. The van der Waals surface area contributed by atoms with Crippen molar-refractivity contribution in [3.63, 3.8) is 0 Å². The molecule has 0 saturated carbocycles. The molecule has 6 nitrogen and oxygen atoms in total. The van der Waals surface area contributed by atoms with Crippen molar-refractivity contribution in [2.24, 2.45) is 0 Å². The number of piperidine rings is 1. The predicted molar refractivity (Wildman–Crippen MR) is 80.2 cm³/mol. The standard InChI is InChI=1S/C14H19ClN4O2/c1-16-13(20)9-19-6-3-10(4-7-19)18-14(21)11-8-17-5-2-12(11)15/h2,5,8,10H,3-4,6-7,9H2,1H3,(H,16,20)(H,18,21). The summed E-state index contributed by atoms with van der Waals surface area (Å²) in [6, 6.07) is 1.71. The number of aromatic nitrogens is 1. The monoisotopic (exact) mass is 310 g/mol. The maximum absolute atomic E-state index is 12.1. The first-order chi connectivity index (χ1) is 10.1. The lowest BCUT2D eigenvalue weighted by atomic mass is 10.0. The van der Waals surface area contributed by atoms with E-state index in [-0.39, 0.29) is 17.9 Å². The molecule has 1 aliphatic rings. The minimum Gasteiger partial charge on any atom is -0.358 e. The van der Waals surface area contributed by atoms with Gasteiger partial charge in [-0.3, -0.25) is 19.5 Å². The molecule has 0 unspecified atom stereocenters. The van der Waals surface area contributed by atoms with Crippen LogP contribution in [0.1, 0.15) is 23.2 Å². The Morgan fingerprint density at radius 3 is 2.76 bits per heavy atom. The second kappa shape index (κ2) is 7.38. The van der Waals surface area contributed by atoms with E-state index in [9.17, 15) is 9.59 Å². The van der Waals surface area contributed by atoms with Gasteiger partial charge in [-0.15, -0.1) is 0 Å². The molecule has 1 aliphatic heterocycles. The number of hydrogen-bond acceptors (Lipinski definition) is 4. The molecular weight excluding hydrogens is 292 g/mol. The van der Waals surface area contributed by atoms with Crippen molar-refractivity contribution in [3.8, 4) is 0 Å². The fourth-order valence-corrected chi connectivity index (χ4v) is 2.52. The molecule has 1 aromatic rings. The lowest BCUT2D eigenvalue weighted by Crippen LogP contribution is -2.47. The third-order valence-electron chi connectivity index (χ3n) is 3.58. The molecule has 114 valence electrons. The van der Waals surface area contributed by atoms with Gasteiger partial charge in [-0.1, -0.05) is 11.6 Å². The Morgan fingerprint density at radius 2 is 2.14 bits per heavy atom. The summed E-state index contributed by atoms with van der Waals surface area (Å²) in [4.78, 5) is 29.4. The highest BCUT2D eigenvalue weighted by molar-refractivity contribution is 6.33. The van der Waals surface area contributed by atoms with Gasteiger partial charge in [0, 0.05) is 38.6 Å². The van der Waals surface area contributed by atoms with Gasteiger partial charge in [-0.25, -0.2) is 0 Å². The van der Waals surface area contributed by atoms with E-state index in [1.54, 1.807) is 19.3 Å². The van der Waals surface area contributed by atoms with Crippen LogP contribution in [-0.2, 0) is 4.79 Å². The lowest BCUT2D eigenvalue weighted by molar-refractivity contribution is -0.122. The molecule has 2 rings (SSSR count). The molecule has 1 aromatic heterocycles. The summed E-state index contributed by atoms with van der Waals surface area (Å²) in [6.45, 7) is 1.99. The first-order valence-electron chi connectivity index (χ1n) is 6.93. The molecule has 21 heavy (non-hydrogen) atoms. The number of halogens is 1. The lowest BCUT2D eigenvalue weighted by Gasteiger charge is -2.31. The highest BCUT2D eigenvalue weighted by atomic mass is 35.5. The van der Waals surface area contributed by atoms with Crippen LogP contribution >= 0.6 is 11.6 Å². The summed E-state index contributed by atoms with van der Waals surface area (Å²) in [7, 11) is 1.63. The van der Waals surface area contributed by atoms with Crippen LogP contribution in [0, 0.1) is 0 Å². The number of nitrogens with zero attached hydrogens (tertiary/aromatic N) is 2. The molecule has 0 bridgehead atoms. The van der Waals surface area contributed by atoms with E-state index in [1.165, 1.54) is 6.20 Å². The number of rotatable bonds is 4. The Hall–Kier alpha value is -1.66. The summed E-state index contributed by atoms with van der Waals surface area (Å²) < 4.78 is 0. The van der Waals surface area contributed by atoms with Gasteiger partial charge in [0.25, 0.3) is 5.91 Å². The van der Waals surface area contributed by atoms with E-state index in [4.69, 9.17) is 11.6 Å². The molecule has 0 radical (unpaired) electrons. The average molecular weight is 311 g/mol. The smallest absolute Gasteiger partial charge is 0.254 e. The number of hydrogen-bond donors (Lipinski definition) is 2. The SMILES string of the molecule is CNC(=O)CN1CCC(NC(=O)c2cnccc2Cl)CC1. The third kappa shape index (κ3) is 4.41. The Labute approximate surface area is 128 Å². The quantitative estimate of drug-likeness (QED) is 0.857. The first-order valence-corrected chi connectivity index (χ1v) is 7.31. The van der Waals surface area contributed by atoms with Crippen molar-refractivity contribution in [1.29, 1.82) is 0 Å². The molecule has 0 aliphatic carbocycles. The van der Waals surface area contributed by atoms with Crippen molar-refractivity contribution in [2.45, 2.75) is 18.9 Å². The summed E-state index contributed by atoms with van der Waals surface area (Å²) in [5.41, 5.74) is 0.395. The average Bonchev–Trinajstić information content (AvgIpc) is 2.49. The molecular formula is C14H19ClN4O2. The number of nitrogens with one attached hydrogen (secondary N) is 2. The van der Waals surface area contributed by atoms with Crippen LogP contribution in [0.4, 0.5) is 0 Å². The Morgan fingerprint density at radius 1 is 1.43 bits per heavy atom. The molecule has 0 spiro atoms. The summed E-state index contributed by atoms with van der Waals surface area (Å²) in [5.74, 6) is -0.183. The highest BCUT2D eigenvalue weighted by Gasteiger charge is 2.22. The maximum atomic E-state index is 12.1. The van der Waals surface area contributed by atoms with E-state index >= 15 is 0 Å². The van der Waals surface area contributed by atoms with Crippen molar-refractivity contribution in [2.75, 3.05) is 26.7 Å². The van der Waals surface area contributed by atoms with Gasteiger partial charge in [-0.2, -0.15) is 0 Å². The Balaban J connectivity index is 1.82. The highest BCUT2D eigenvalue weighted by Crippen LogP contribution is 2.15. The first kappa shape index (κ1) is 15.7. The van der Waals surface area contributed by atoms with E-state index in [1.807, 2.05) is 0 Å². The minimum absolute atomic E-state index is 0.0135. The fraction of sp³-hybridized carbons (Fsp3) is 0.500. The number of likely N-dealkylation sites (tertiary alicyclic amines) is 1. The van der Waals surface area contributed by atoms with Gasteiger partial charge in [0.1, 0.15) is 0 Å². The Bertz CT molecular complexity index is 515. The molecule has 0 atom stereocenters. The number of amides is 2. The van der Waals surface area contributed by atoms with E-state index in [0.29, 0.717) is 17.1 Å². The Kier molecular flexibility index (Phi) is 5.52. The van der Waals surface area contributed by atoms with Crippen molar-refractivity contribution < 1.29 is 9.59 Å². The van der Waals surface area contributed by atoms with Gasteiger partial charge in [0.05, 0.1) is 17.1 Å². The van der Waals surface area contributed by atoms with Crippen molar-refractivity contribution in [1.82, 2.24) is 20.5 Å². The van der Waals surface area contributed by atoms with Crippen LogP contribution < -0.4 is 10.6 Å². The summed E-state index contributed by atoms with van der Waals surface area (Å²) in [6.07, 6.45) is 4.66. The molecule has 2 N–H and O–H groups in total. The zero-order valence-electron chi connectivity index (χ0n) is 11.9. The number of pyridine rings is 1. The van der Waals surface area contributed by atoms with E-state index in [0.717, 1.165) is 25.9 Å². The molecule has 0 aromatic carbocycles. The number of carbonyl (C=O) groups is 2. The van der Waals surface area contributed by atoms with E-state index in [2.05, 4.69) is 20.5 Å². The van der Waals surface area contributed by atoms with Crippen LogP contribution in [0.5, 0.6) is 0 Å². The van der Waals surface area contributed by atoms with Gasteiger partial charge >= 0.3 is 0 Å². The van der Waals surface area contributed by atoms with Gasteiger partial charge in [-0.05, 0) is 18.9 Å². The zero-order chi connectivity index (χ0) is 15.2. The zero-order valence-corrected chi connectivity index (χ0v) is 12.7. The molecule has 1 saturated heterocycles. The number of likely N-dealkylation sites (N-methyl/N-ethyl adjacent to an activating group) is 1. The molecule has 2 heterocycles. The second-order valence-electron chi connectivity index (χ2n) is 5.05. The van der Waals surface area contributed by atoms with Crippen LogP contribution in [0.3, 0.4) is 0 Å². The van der Waals surface area contributed by atoms with Gasteiger partial charge < -0.3 is 10.6 Å². The molecule has 1 fully saturated rings. The predicted octanol–water partition coefficient (Wildman–Crippen LogP) is 0.675. The largest absolute Gasteiger partial charge is 0.358 e. The van der Waals surface area contributed by atoms with Gasteiger partial charge in [0.2, 0.25) is 5.91 Å². The van der Waals surface area contributed by atoms with Crippen molar-refractivity contribution >= 4 is 23.4 Å². The third-order valence-corrected chi connectivity index (χ3v) is 3.91. The van der Waals surface area contributed by atoms with Crippen LogP contribution in [0.2, 0.25) is 5.02 Å². The number of carbonyl (C=O) groups excluding carboxylic acids is 2.